The van der Waals surface area contributed by atoms with Crippen LogP contribution in [-0.2, 0) is 9.53 Å². The molecule has 0 aliphatic rings. The Hall–Kier alpha value is -3.08. The second-order valence-corrected chi connectivity index (χ2v) is 6.10. The number of amides is 1. The fourth-order valence-corrected chi connectivity index (χ4v) is 2.62. The Morgan fingerprint density at radius 3 is 2.68 bits per heavy atom. The highest BCUT2D eigenvalue weighted by atomic mass is 16.5. The minimum Gasteiger partial charge on any atom is -0.449 e. The van der Waals surface area contributed by atoms with E-state index in [1.54, 1.807) is 13.1 Å². The molecule has 0 bridgehead atoms. The number of aromatic amines is 1. The number of hydrogen-bond donors (Lipinski definition) is 2. The Labute approximate surface area is 146 Å². The van der Waals surface area contributed by atoms with Gasteiger partial charge >= 0.3 is 5.97 Å². The Bertz CT molecular complexity index is 943. The average molecular weight is 336 g/mol. The van der Waals surface area contributed by atoms with E-state index in [0.717, 1.165) is 27.7 Å². The van der Waals surface area contributed by atoms with E-state index in [0.29, 0.717) is 5.56 Å². The van der Waals surface area contributed by atoms with Gasteiger partial charge in [-0.1, -0.05) is 30.3 Å². The van der Waals surface area contributed by atoms with Crippen molar-refractivity contribution in [1.82, 2.24) is 4.98 Å². The lowest BCUT2D eigenvalue weighted by Gasteiger charge is -2.15. The van der Waals surface area contributed by atoms with Crippen molar-refractivity contribution < 1.29 is 14.3 Å². The molecule has 2 N–H and O–H groups in total. The maximum Gasteiger partial charge on any atom is 0.341 e. The van der Waals surface area contributed by atoms with Crippen LogP contribution in [0.3, 0.4) is 0 Å². The molecule has 0 aliphatic carbocycles. The SMILES string of the molecule is Cc1ccc(C)c(NC(=O)[C@H](C)OC(=O)c2c[nH]c3ccccc23)c1. The summed E-state index contributed by atoms with van der Waals surface area (Å²) in [6.07, 6.45) is 0.698. The molecule has 0 unspecified atom stereocenters. The van der Waals surface area contributed by atoms with Gasteiger partial charge in [0.05, 0.1) is 5.56 Å². The van der Waals surface area contributed by atoms with Crippen molar-refractivity contribution in [3.05, 3.63) is 65.4 Å². The zero-order valence-electron chi connectivity index (χ0n) is 14.4. The second kappa shape index (κ2) is 6.81. The van der Waals surface area contributed by atoms with Crippen LogP contribution in [0, 0.1) is 13.8 Å². The number of anilines is 1. The van der Waals surface area contributed by atoms with E-state index in [1.165, 1.54) is 0 Å². The number of nitrogens with one attached hydrogen (secondary N) is 2. The maximum absolute atomic E-state index is 12.4. The van der Waals surface area contributed by atoms with Gasteiger partial charge < -0.3 is 15.0 Å². The van der Waals surface area contributed by atoms with Gasteiger partial charge in [0, 0.05) is 22.8 Å². The number of aromatic nitrogens is 1. The van der Waals surface area contributed by atoms with Gasteiger partial charge in [-0.2, -0.15) is 0 Å². The van der Waals surface area contributed by atoms with E-state index in [4.69, 9.17) is 4.74 Å². The van der Waals surface area contributed by atoms with Crippen LogP contribution in [-0.4, -0.2) is 23.0 Å². The third-order valence-corrected chi connectivity index (χ3v) is 4.11. The molecule has 0 radical (unpaired) electrons. The fourth-order valence-electron chi connectivity index (χ4n) is 2.62. The van der Waals surface area contributed by atoms with Crippen LogP contribution in [0.4, 0.5) is 5.69 Å². The highest BCUT2D eigenvalue weighted by Gasteiger charge is 2.21. The number of para-hydroxylation sites is 1. The Morgan fingerprint density at radius 1 is 1.12 bits per heavy atom. The molecule has 128 valence electrons. The van der Waals surface area contributed by atoms with E-state index in [-0.39, 0.29) is 5.91 Å². The molecule has 5 nitrogen and oxygen atoms in total. The average Bonchev–Trinajstić information content (AvgIpc) is 3.02. The minimum atomic E-state index is -0.902. The molecule has 1 aromatic heterocycles. The summed E-state index contributed by atoms with van der Waals surface area (Å²) in [5.74, 6) is -0.886. The van der Waals surface area contributed by atoms with Crippen LogP contribution in [0.15, 0.2) is 48.7 Å². The molecule has 0 spiro atoms. The fraction of sp³-hybridized carbons (Fsp3) is 0.200. The molecule has 3 rings (SSSR count). The number of benzene rings is 2. The van der Waals surface area contributed by atoms with E-state index < -0.39 is 12.1 Å². The summed E-state index contributed by atoms with van der Waals surface area (Å²) in [5, 5.41) is 3.59. The summed E-state index contributed by atoms with van der Waals surface area (Å²) in [7, 11) is 0. The van der Waals surface area contributed by atoms with Crippen LogP contribution in [0.2, 0.25) is 0 Å². The smallest absolute Gasteiger partial charge is 0.341 e. The molecule has 25 heavy (non-hydrogen) atoms. The first-order valence-electron chi connectivity index (χ1n) is 8.11. The predicted molar refractivity (Wildman–Crippen MR) is 97.7 cm³/mol. The molecular weight excluding hydrogens is 316 g/mol. The van der Waals surface area contributed by atoms with Crippen molar-refractivity contribution in [3.8, 4) is 0 Å². The number of ether oxygens (including phenoxy) is 1. The molecule has 5 heteroatoms. The van der Waals surface area contributed by atoms with Crippen molar-refractivity contribution in [1.29, 1.82) is 0 Å². The van der Waals surface area contributed by atoms with Gasteiger partial charge in [-0.15, -0.1) is 0 Å². The van der Waals surface area contributed by atoms with Gasteiger partial charge in [0.1, 0.15) is 0 Å². The predicted octanol–water partition coefficient (Wildman–Crippen LogP) is 3.97. The van der Waals surface area contributed by atoms with Crippen molar-refractivity contribution in [2.24, 2.45) is 0 Å². The molecule has 0 fully saturated rings. The maximum atomic E-state index is 12.4. The molecule has 0 aliphatic heterocycles. The van der Waals surface area contributed by atoms with E-state index in [1.807, 2.05) is 56.3 Å². The summed E-state index contributed by atoms with van der Waals surface area (Å²) >= 11 is 0. The Balaban J connectivity index is 1.71. The first-order valence-corrected chi connectivity index (χ1v) is 8.11. The van der Waals surface area contributed by atoms with Gasteiger partial charge in [-0.25, -0.2) is 4.79 Å². The highest BCUT2D eigenvalue weighted by Crippen LogP contribution is 2.20. The van der Waals surface area contributed by atoms with Crippen LogP contribution in [0.5, 0.6) is 0 Å². The number of esters is 1. The van der Waals surface area contributed by atoms with Crippen molar-refractivity contribution in [2.75, 3.05) is 5.32 Å². The van der Waals surface area contributed by atoms with Crippen molar-refractivity contribution >= 4 is 28.5 Å². The third-order valence-electron chi connectivity index (χ3n) is 4.11. The van der Waals surface area contributed by atoms with Gasteiger partial charge in [0.15, 0.2) is 6.10 Å². The zero-order chi connectivity index (χ0) is 18.0. The summed E-state index contributed by atoms with van der Waals surface area (Å²) in [6, 6.07) is 13.3. The van der Waals surface area contributed by atoms with E-state index >= 15 is 0 Å². The van der Waals surface area contributed by atoms with E-state index in [2.05, 4.69) is 10.3 Å². The monoisotopic (exact) mass is 336 g/mol. The highest BCUT2D eigenvalue weighted by molar-refractivity contribution is 6.05. The number of aryl methyl sites for hydroxylation is 2. The number of hydrogen-bond acceptors (Lipinski definition) is 3. The standard InChI is InChI=1S/C20H20N2O3/c1-12-8-9-13(2)18(10-12)22-19(23)14(3)25-20(24)16-11-21-17-7-5-4-6-15(16)17/h4-11,14,21H,1-3H3,(H,22,23)/t14-/m0/s1. The number of fused-ring (bicyclic) bond motifs is 1. The molecule has 0 saturated heterocycles. The molecule has 1 atom stereocenters. The molecule has 3 aromatic rings. The van der Waals surface area contributed by atoms with E-state index in [9.17, 15) is 9.59 Å². The first kappa shape index (κ1) is 16.8. The van der Waals surface area contributed by atoms with Gasteiger partial charge in [0.2, 0.25) is 0 Å². The third kappa shape index (κ3) is 3.55. The van der Waals surface area contributed by atoms with Crippen LogP contribution in [0.25, 0.3) is 10.9 Å². The number of carbonyl (C=O) groups excluding carboxylic acids is 2. The molecule has 1 amide bonds. The molecule has 2 aromatic carbocycles. The molecule has 0 saturated carbocycles. The lowest BCUT2D eigenvalue weighted by molar-refractivity contribution is -0.123. The van der Waals surface area contributed by atoms with Gasteiger partial charge in [-0.05, 0) is 44.0 Å². The lowest BCUT2D eigenvalue weighted by Crippen LogP contribution is -2.30. The van der Waals surface area contributed by atoms with Crippen LogP contribution >= 0.6 is 0 Å². The lowest BCUT2D eigenvalue weighted by atomic mass is 10.1. The molecular formula is C20H20N2O3. The number of carbonyl (C=O) groups is 2. The summed E-state index contributed by atoms with van der Waals surface area (Å²) in [4.78, 5) is 27.8. The summed E-state index contributed by atoms with van der Waals surface area (Å²) < 4.78 is 5.34. The number of rotatable bonds is 4. The molecule has 1 heterocycles. The summed E-state index contributed by atoms with van der Waals surface area (Å²) in [5.41, 5.74) is 3.99. The van der Waals surface area contributed by atoms with Gasteiger partial charge in [-0.3, -0.25) is 4.79 Å². The van der Waals surface area contributed by atoms with Crippen molar-refractivity contribution in [2.45, 2.75) is 26.9 Å². The van der Waals surface area contributed by atoms with Crippen molar-refractivity contribution in [3.63, 3.8) is 0 Å². The largest absolute Gasteiger partial charge is 0.449 e. The topological polar surface area (TPSA) is 71.2 Å². The first-order chi connectivity index (χ1) is 12.0. The Morgan fingerprint density at radius 2 is 1.88 bits per heavy atom. The quantitative estimate of drug-likeness (QED) is 0.708. The van der Waals surface area contributed by atoms with Gasteiger partial charge in [0.25, 0.3) is 5.91 Å². The van der Waals surface area contributed by atoms with Crippen LogP contribution in [0.1, 0.15) is 28.4 Å². The summed E-state index contributed by atoms with van der Waals surface area (Å²) in [6.45, 7) is 5.43. The normalized spacial score (nSPS) is 12.0. The second-order valence-electron chi connectivity index (χ2n) is 6.10. The minimum absolute atomic E-state index is 0.359. The number of H-pyrrole nitrogens is 1. The zero-order valence-corrected chi connectivity index (χ0v) is 14.4. The Kier molecular flexibility index (Phi) is 4.57. The van der Waals surface area contributed by atoms with Crippen LogP contribution < -0.4 is 5.32 Å².